The summed E-state index contributed by atoms with van der Waals surface area (Å²) in [5.74, 6) is -1.36. The van der Waals surface area contributed by atoms with Gasteiger partial charge >= 0.3 is 5.97 Å². The molecular formula is C15H9ClFNO2S. The van der Waals surface area contributed by atoms with Gasteiger partial charge < -0.3 is 5.11 Å². The minimum absolute atomic E-state index is 0.00423. The van der Waals surface area contributed by atoms with E-state index in [9.17, 15) is 9.18 Å². The number of carbonyl (C=O) groups is 1. The summed E-state index contributed by atoms with van der Waals surface area (Å²) < 4.78 is 13.9. The van der Waals surface area contributed by atoms with E-state index in [0.29, 0.717) is 16.2 Å². The summed E-state index contributed by atoms with van der Waals surface area (Å²) in [6.07, 6.45) is 0. The molecule has 0 aliphatic rings. The van der Waals surface area contributed by atoms with Gasteiger partial charge in [-0.2, -0.15) is 5.26 Å². The minimum Gasteiger partial charge on any atom is -0.478 e. The standard InChI is InChI=1S/C15H9ClFNO2S/c16-13-5-4-11(6-12(13)15(19)20)21-8-10-3-1-2-9(7-18)14(10)17/h1-6H,8H2,(H,19,20). The van der Waals surface area contributed by atoms with Crippen LogP contribution in [0, 0.1) is 17.1 Å². The molecule has 0 aromatic heterocycles. The van der Waals surface area contributed by atoms with Gasteiger partial charge in [-0.05, 0) is 29.8 Å². The summed E-state index contributed by atoms with van der Waals surface area (Å²) >= 11 is 7.06. The van der Waals surface area contributed by atoms with Crippen LogP contribution in [0.25, 0.3) is 0 Å². The number of thioether (sulfide) groups is 1. The number of hydrogen-bond donors (Lipinski definition) is 1. The molecule has 0 fully saturated rings. The topological polar surface area (TPSA) is 61.1 Å². The lowest BCUT2D eigenvalue weighted by Gasteiger charge is -2.06. The number of aromatic carboxylic acids is 1. The Morgan fingerprint density at radius 2 is 2.14 bits per heavy atom. The lowest BCUT2D eigenvalue weighted by atomic mass is 10.1. The van der Waals surface area contributed by atoms with E-state index in [1.54, 1.807) is 24.3 Å². The summed E-state index contributed by atoms with van der Waals surface area (Å²) in [5, 5.41) is 17.9. The van der Waals surface area contributed by atoms with Crippen molar-refractivity contribution in [2.24, 2.45) is 0 Å². The zero-order valence-electron chi connectivity index (χ0n) is 10.6. The minimum atomic E-state index is -1.11. The van der Waals surface area contributed by atoms with Crippen molar-refractivity contribution < 1.29 is 14.3 Å². The largest absolute Gasteiger partial charge is 0.478 e. The van der Waals surface area contributed by atoms with Crippen molar-refractivity contribution >= 4 is 29.3 Å². The lowest BCUT2D eigenvalue weighted by molar-refractivity contribution is 0.0697. The molecule has 2 aromatic rings. The third-order valence-electron chi connectivity index (χ3n) is 2.76. The van der Waals surface area contributed by atoms with E-state index in [-0.39, 0.29) is 16.1 Å². The Hall–Kier alpha value is -2.03. The molecule has 0 radical (unpaired) electrons. The molecule has 0 saturated heterocycles. The first kappa shape index (κ1) is 15.4. The van der Waals surface area contributed by atoms with Gasteiger partial charge in [0.05, 0.1) is 16.1 Å². The van der Waals surface area contributed by atoms with Crippen molar-refractivity contribution in [1.82, 2.24) is 0 Å². The van der Waals surface area contributed by atoms with Crippen LogP contribution in [0.3, 0.4) is 0 Å². The van der Waals surface area contributed by atoms with E-state index in [0.717, 1.165) is 0 Å². The van der Waals surface area contributed by atoms with Gasteiger partial charge in [-0.3, -0.25) is 0 Å². The van der Waals surface area contributed by atoms with Gasteiger partial charge in [0.1, 0.15) is 11.9 Å². The van der Waals surface area contributed by atoms with Crippen LogP contribution in [0.4, 0.5) is 4.39 Å². The number of benzene rings is 2. The fourth-order valence-corrected chi connectivity index (χ4v) is 2.81. The second kappa shape index (κ2) is 6.61. The van der Waals surface area contributed by atoms with Crippen LogP contribution < -0.4 is 0 Å². The second-order valence-electron chi connectivity index (χ2n) is 4.13. The van der Waals surface area contributed by atoms with Crippen LogP contribution in [0.5, 0.6) is 0 Å². The van der Waals surface area contributed by atoms with E-state index >= 15 is 0 Å². The number of halogens is 2. The molecule has 3 nitrogen and oxygen atoms in total. The summed E-state index contributed by atoms with van der Waals surface area (Å²) in [6.45, 7) is 0. The number of nitrogens with zero attached hydrogens (tertiary/aromatic N) is 1. The Bertz CT molecular complexity index is 743. The highest BCUT2D eigenvalue weighted by Crippen LogP contribution is 2.28. The molecule has 6 heteroatoms. The first-order valence-electron chi connectivity index (χ1n) is 5.86. The van der Waals surface area contributed by atoms with Crippen molar-refractivity contribution in [3.63, 3.8) is 0 Å². The van der Waals surface area contributed by atoms with Crippen LogP contribution in [0.1, 0.15) is 21.5 Å². The third kappa shape index (κ3) is 3.54. The summed E-state index contributed by atoms with van der Waals surface area (Å²) in [5.41, 5.74) is 0.397. The number of rotatable bonds is 4. The zero-order chi connectivity index (χ0) is 15.4. The van der Waals surface area contributed by atoms with E-state index in [1.165, 1.54) is 30.0 Å². The molecule has 106 valence electrons. The Balaban J connectivity index is 2.20. The monoisotopic (exact) mass is 321 g/mol. The fraction of sp³-hybridized carbons (Fsp3) is 0.0667. The quantitative estimate of drug-likeness (QED) is 0.851. The molecule has 0 aliphatic carbocycles. The lowest BCUT2D eigenvalue weighted by Crippen LogP contribution is -1.97. The molecule has 0 aliphatic heterocycles. The first-order chi connectivity index (χ1) is 10.0. The molecule has 0 spiro atoms. The highest BCUT2D eigenvalue weighted by molar-refractivity contribution is 7.98. The van der Waals surface area contributed by atoms with Gasteiger partial charge in [0.15, 0.2) is 0 Å². The second-order valence-corrected chi connectivity index (χ2v) is 5.58. The zero-order valence-corrected chi connectivity index (χ0v) is 12.2. The van der Waals surface area contributed by atoms with Crippen LogP contribution in [0.2, 0.25) is 5.02 Å². The van der Waals surface area contributed by atoms with Crippen molar-refractivity contribution in [1.29, 1.82) is 5.26 Å². The van der Waals surface area contributed by atoms with Crippen LogP contribution >= 0.6 is 23.4 Å². The normalized spacial score (nSPS) is 10.1. The van der Waals surface area contributed by atoms with Gasteiger partial charge in [-0.25, -0.2) is 9.18 Å². The van der Waals surface area contributed by atoms with Crippen LogP contribution in [0.15, 0.2) is 41.3 Å². The predicted octanol–water partition coefficient (Wildman–Crippen LogP) is 4.34. The van der Waals surface area contributed by atoms with Crippen molar-refractivity contribution in [2.45, 2.75) is 10.6 Å². The smallest absolute Gasteiger partial charge is 0.337 e. The van der Waals surface area contributed by atoms with Crippen molar-refractivity contribution in [3.05, 3.63) is 63.9 Å². The molecule has 0 bridgehead atoms. The number of nitriles is 1. The maximum Gasteiger partial charge on any atom is 0.337 e. The van der Waals surface area contributed by atoms with Gasteiger partial charge in [0, 0.05) is 10.6 Å². The molecule has 1 N–H and O–H groups in total. The molecule has 0 heterocycles. The van der Waals surface area contributed by atoms with Gasteiger partial charge in [0.2, 0.25) is 0 Å². The summed E-state index contributed by atoms with van der Waals surface area (Å²) in [6, 6.07) is 11.0. The maximum atomic E-state index is 13.9. The average Bonchev–Trinajstić information content (AvgIpc) is 2.47. The number of carboxylic acids is 1. The Labute approximate surface area is 130 Å². The van der Waals surface area contributed by atoms with E-state index in [4.69, 9.17) is 22.0 Å². The molecule has 2 rings (SSSR count). The molecule has 0 atom stereocenters. The highest BCUT2D eigenvalue weighted by atomic mass is 35.5. The van der Waals surface area contributed by atoms with Crippen LogP contribution in [-0.2, 0) is 5.75 Å². The highest BCUT2D eigenvalue weighted by Gasteiger charge is 2.11. The molecular weight excluding hydrogens is 313 g/mol. The molecule has 0 amide bonds. The van der Waals surface area contributed by atoms with Crippen molar-refractivity contribution in [3.8, 4) is 6.07 Å². The summed E-state index contributed by atoms with van der Waals surface area (Å²) in [4.78, 5) is 11.7. The number of hydrogen-bond acceptors (Lipinski definition) is 3. The van der Waals surface area contributed by atoms with E-state index in [2.05, 4.69) is 0 Å². The fourth-order valence-electron chi connectivity index (χ4n) is 1.70. The molecule has 0 unspecified atom stereocenters. The van der Waals surface area contributed by atoms with Crippen molar-refractivity contribution in [2.75, 3.05) is 0 Å². The average molecular weight is 322 g/mol. The Morgan fingerprint density at radius 3 is 2.81 bits per heavy atom. The predicted molar refractivity (Wildman–Crippen MR) is 79.1 cm³/mol. The first-order valence-corrected chi connectivity index (χ1v) is 7.22. The SMILES string of the molecule is N#Cc1cccc(CSc2ccc(Cl)c(C(=O)O)c2)c1F. The third-order valence-corrected chi connectivity index (χ3v) is 4.13. The Morgan fingerprint density at radius 1 is 1.38 bits per heavy atom. The Kier molecular flexibility index (Phi) is 4.84. The molecule has 21 heavy (non-hydrogen) atoms. The van der Waals surface area contributed by atoms with E-state index < -0.39 is 11.8 Å². The molecule has 2 aromatic carbocycles. The van der Waals surface area contributed by atoms with E-state index in [1.807, 2.05) is 0 Å². The number of carboxylic acid groups (broad SMARTS) is 1. The van der Waals surface area contributed by atoms with Crippen LogP contribution in [-0.4, -0.2) is 11.1 Å². The molecule has 0 saturated carbocycles. The van der Waals surface area contributed by atoms with Gasteiger partial charge in [-0.15, -0.1) is 11.8 Å². The van der Waals surface area contributed by atoms with Gasteiger partial charge in [0.25, 0.3) is 0 Å². The maximum absolute atomic E-state index is 13.9. The summed E-state index contributed by atoms with van der Waals surface area (Å²) in [7, 11) is 0. The van der Waals surface area contributed by atoms with Gasteiger partial charge in [-0.1, -0.05) is 23.7 Å².